The second kappa shape index (κ2) is 9.68. The maximum atomic E-state index is 15.3. The summed E-state index contributed by atoms with van der Waals surface area (Å²) in [6, 6.07) is 7.60. The highest BCUT2D eigenvalue weighted by Gasteiger charge is 2.58. The molecule has 2 aromatic carbocycles. The summed E-state index contributed by atoms with van der Waals surface area (Å²) in [5, 5.41) is 5.11. The van der Waals surface area contributed by atoms with Crippen LogP contribution in [0.5, 0.6) is 0 Å². The number of nitrogens with zero attached hydrogens (tertiary/aromatic N) is 6. The van der Waals surface area contributed by atoms with Gasteiger partial charge in [-0.15, -0.1) is 0 Å². The van der Waals surface area contributed by atoms with Gasteiger partial charge in [-0.1, -0.05) is 6.07 Å². The van der Waals surface area contributed by atoms with Crippen molar-refractivity contribution >= 4 is 50.0 Å². The van der Waals surface area contributed by atoms with E-state index in [0.29, 0.717) is 22.5 Å². The third kappa shape index (κ3) is 4.09. The van der Waals surface area contributed by atoms with Gasteiger partial charge in [0.15, 0.2) is 17.3 Å². The van der Waals surface area contributed by atoms with E-state index in [2.05, 4.69) is 31.0 Å². The van der Waals surface area contributed by atoms with Gasteiger partial charge in [-0.2, -0.15) is 5.10 Å². The third-order valence-corrected chi connectivity index (χ3v) is 8.28. The Labute approximate surface area is 240 Å². The molecule has 1 saturated heterocycles. The number of rotatable bonds is 6. The fourth-order valence-electron chi connectivity index (χ4n) is 5.56. The van der Waals surface area contributed by atoms with Gasteiger partial charge in [0.05, 0.1) is 22.2 Å². The summed E-state index contributed by atoms with van der Waals surface area (Å²) in [5.41, 5.74) is 6.20. The Morgan fingerprint density at radius 1 is 1.10 bits per heavy atom. The number of carbonyl (C=O) groups excluding carboxylic acids is 2. The van der Waals surface area contributed by atoms with E-state index in [9.17, 15) is 14.0 Å². The van der Waals surface area contributed by atoms with Crippen LogP contribution >= 0.6 is 15.9 Å². The van der Waals surface area contributed by atoms with E-state index in [0.717, 1.165) is 23.3 Å². The van der Waals surface area contributed by atoms with Crippen molar-refractivity contribution < 1.29 is 22.8 Å². The lowest BCUT2D eigenvalue weighted by Gasteiger charge is -2.50. The minimum atomic E-state index is -1.82. The van der Waals surface area contributed by atoms with Crippen molar-refractivity contribution in [3.8, 4) is 11.1 Å². The molecular formula is C28H23BrF3N7O2. The molecule has 41 heavy (non-hydrogen) atoms. The van der Waals surface area contributed by atoms with E-state index in [4.69, 9.17) is 5.73 Å². The maximum Gasteiger partial charge on any atom is 0.264 e. The number of hydrogen-bond donors (Lipinski definition) is 1. The Balaban J connectivity index is 1.47. The predicted octanol–water partition coefficient (Wildman–Crippen LogP) is 4.59. The Bertz CT molecular complexity index is 1770. The number of alkyl halides is 1. The summed E-state index contributed by atoms with van der Waals surface area (Å²) in [4.78, 5) is 37.1. The van der Waals surface area contributed by atoms with Gasteiger partial charge in [0.2, 0.25) is 0 Å². The zero-order chi connectivity index (χ0) is 29.2. The minimum Gasteiger partial charge on any atom is -0.366 e. The van der Waals surface area contributed by atoms with Gasteiger partial charge in [0.1, 0.15) is 29.3 Å². The van der Waals surface area contributed by atoms with Crippen LogP contribution < -0.4 is 10.6 Å². The number of primary amides is 1. The highest BCUT2D eigenvalue weighted by atomic mass is 79.9. The standard InChI is InChI=1S/C28H23BrF3N7O2/c1-14(40)26-19-9-16(17-11-34-15(2)35-12-17)3-5-21(19)39(36-26)23-7-8-37(23)28(27(33)41)10-18(30)13-38(28)22-6-4-20(31)24(29)25(22)32/h3-7,9,11-12,18H,8,10,13H2,1-2H3,(H2,33,41)/t18-,28-/m1/s1. The van der Waals surface area contributed by atoms with Crippen LogP contribution in [0.3, 0.4) is 0 Å². The van der Waals surface area contributed by atoms with E-state index in [1.54, 1.807) is 36.4 Å². The highest BCUT2D eigenvalue weighted by Crippen LogP contribution is 2.45. The van der Waals surface area contributed by atoms with Gasteiger partial charge >= 0.3 is 0 Å². The summed E-state index contributed by atoms with van der Waals surface area (Å²) in [6.07, 6.45) is 3.23. The number of hydrogen-bond acceptors (Lipinski definition) is 7. The second-order valence-corrected chi connectivity index (χ2v) is 10.8. The van der Waals surface area contributed by atoms with E-state index in [1.807, 2.05) is 12.1 Å². The lowest BCUT2D eigenvalue weighted by atomic mass is 9.99. The molecule has 0 unspecified atom stereocenters. The van der Waals surface area contributed by atoms with Gasteiger partial charge in [-0.05, 0) is 58.8 Å². The smallest absolute Gasteiger partial charge is 0.264 e. The largest absolute Gasteiger partial charge is 0.366 e. The van der Waals surface area contributed by atoms with Crippen molar-refractivity contribution in [2.75, 3.05) is 18.0 Å². The van der Waals surface area contributed by atoms with Gasteiger partial charge in [-0.25, -0.2) is 27.8 Å². The fraction of sp³-hybridized carbons (Fsp3) is 0.250. The minimum absolute atomic E-state index is 0.168. The van der Waals surface area contributed by atoms with Gasteiger partial charge in [0.25, 0.3) is 5.91 Å². The highest BCUT2D eigenvalue weighted by molar-refractivity contribution is 9.10. The van der Waals surface area contributed by atoms with Crippen molar-refractivity contribution in [2.45, 2.75) is 32.1 Å². The third-order valence-electron chi connectivity index (χ3n) is 7.56. The second-order valence-electron chi connectivity index (χ2n) is 10.0. The maximum absolute atomic E-state index is 15.3. The molecule has 4 heterocycles. The first-order valence-electron chi connectivity index (χ1n) is 12.7. The number of carbonyl (C=O) groups is 2. The molecule has 2 aromatic heterocycles. The molecule has 13 heteroatoms. The van der Waals surface area contributed by atoms with Crippen LogP contribution in [0.1, 0.15) is 29.7 Å². The zero-order valence-corrected chi connectivity index (χ0v) is 23.5. The van der Waals surface area contributed by atoms with E-state index >= 15 is 8.78 Å². The van der Waals surface area contributed by atoms with Crippen LogP contribution in [-0.4, -0.2) is 61.3 Å². The molecule has 2 aliphatic rings. The van der Waals surface area contributed by atoms with Crippen molar-refractivity contribution in [3.63, 3.8) is 0 Å². The number of aryl methyl sites for hydroxylation is 1. The lowest BCUT2D eigenvalue weighted by Crippen LogP contribution is -2.67. The number of amides is 1. The molecule has 4 aromatic rings. The number of ketones is 1. The number of anilines is 1. The van der Waals surface area contributed by atoms with Crippen molar-refractivity contribution in [1.82, 2.24) is 24.6 Å². The van der Waals surface area contributed by atoms with Crippen molar-refractivity contribution in [2.24, 2.45) is 5.73 Å². The SMILES string of the molecule is CC(=O)c1nn(C2=CCN2[C@]2(C(N)=O)C[C@@H](F)CN2c2ccc(F)c(Br)c2F)c2ccc(-c3cnc(C)nc3)cc12. The fourth-order valence-corrected chi connectivity index (χ4v) is 5.89. The molecule has 0 bridgehead atoms. The van der Waals surface area contributed by atoms with Gasteiger partial charge in [-0.3, -0.25) is 9.59 Å². The van der Waals surface area contributed by atoms with Crippen LogP contribution in [-0.2, 0) is 4.79 Å². The van der Waals surface area contributed by atoms with E-state index in [-0.39, 0.29) is 36.7 Å². The summed E-state index contributed by atoms with van der Waals surface area (Å²) in [7, 11) is 0. The lowest BCUT2D eigenvalue weighted by molar-refractivity contribution is -0.128. The van der Waals surface area contributed by atoms with Crippen LogP contribution in [0, 0.1) is 18.6 Å². The van der Waals surface area contributed by atoms with Gasteiger partial charge in [0, 0.05) is 43.2 Å². The quantitative estimate of drug-likeness (QED) is 0.246. The molecule has 9 nitrogen and oxygen atoms in total. The number of halogens is 4. The number of Topliss-reactive ketones (excluding diaryl/α,β-unsaturated/α-hetero) is 1. The summed E-state index contributed by atoms with van der Waals surface area (Å²) >= 11 is 2.89. The molecule has 0 aliphatic carbocycles. The summed E-state index contributed by atoms with van der Waals surface area (Å²) in [6.45, 7) is 3.00. The average Bonchev–Trinajstić information content (AvgIpc) is 3.45. The predicted molar refractivity (Wildman–Crippen MR) is 149 cm³/mol. The Kier molecular flexibility index (Phi) is 6.36. The molecular weight excluding hydrogens is 603 g/mol. The zero-order valence-electron chi connectivity index (χ0n) is 21.9. The summed E-state index contributed by atoms with van der Waals surface area (Å²) < 4.78 is 45.4. The monoisotopic (exact) mass is 625 g/mol. The van der Waals surface area contributed by atoms with Crippen molar-refractivity contribution in [3.05, 3.63) is 76.4 Å². The Morgan fingerprint density at radius 3 is 2.46 bits per heavy atom. The van der Waals surface area contributed by atoms with Gasteiger partial charge < -0.3 is 15.5 Å². The molecule has 1 fully saturated rings. The molecule has 2 atom stereocenters. The number of fused-ring (bicyclic) bond motifs is 1. The average molecular weight is 626 g/mol. The van der Waals surface area contributed by atoms with Crippen LogP contribution in [0.2, 0.25) is 0 Å². The first-order valence-corrected chi connectivity index (χ1v) is 13.5. The molecule has 1 amide bonds. The van der Waals surface area contributed by atoms with E-state index in [1.165, 1.54) is 16.5 Å². The number of aromatic nitrogens is 4. The molecule has 0 radical (unpaired) electrons. The molecule has 210 valence electrons. The Hall–Kier alpha value is -4.26. The van der Waals surface area contributed by atoms with Crippen LogP contribution in [0.4, 0.5) is 18.9 Å². The first-order chi connectivity index (χ1) is 19.5. The number of benzene rings is 2. The Morgan fingerprint density at radius 2 is 1.83 bits per heavy atom. The number of nitrogens with two attached hydrogens (primary N) is 1. The normalized spacial score (nSPS) is 20.3. The van der Waals surface area contributed by atoms with E-state index < -0.39 is 33.8 Å². The first kappa shape index (κ1) is 26.9. The molecule has 2 N–H and O–H groups in total. The molecule has 0 spiro atoms. The molecule has 0 saturated carbocycles. The van der Waals surface area contributed by atoms with Crippen LogP contribution in [0.15, 0.2) is 53.3 Å². The topological polar surface area (TPSA) is 110 Å². The molecule has 2 aliphatic heterocycles. The molecule has 6 rings (SSSR count). The van der Waals surface area contributed by atoms with Crippen molar-refractivity contribution in [1.29, 1.82) is 0 Å². The summed E-state index contributed by atoms with van der Waals surface area (Å²) in [5.74, 6) is -2.02. The van der Waals surface area contributed by atoms with Crippen LogP contribution in [0.25, 0.3) is 27.9 Å².